The van der Waals surface area contributed by atoms with Gasteiger partial charge in [-0.1, -0.05) is 49.0 Å². The van der Waals surface area contributed by atoms with E-state index in [4.69, 9.17) is 0 Å². The number of rotatable bonds is 5. The van der Waals surface area contributed by atoms with Gasteiger partial charge in [-0.05, 0) is 49.1 Å². The highest BCUT2D eigenvalue weighted by Crippen LogP contribution is 2.39. The Bertz CT molecular complexity index is 942. The lowest BCUT2D eigenvalue weighted by molar-refractivity contribution is -0.112. The summed E-state index contributed by atoms with van der Waals surface area (Å²) in [6.45, 7) is 3.79. The van der Waals surface area contributed by atoms with Crippen LogP contribution in [0.3, 0.4) is 0 Å². The molecule has 5 nitrogen and oxygen atoms in total. The molecule has 0 radical (unpaired) electrons. The van der Waals surface area contributed by atoms with Crippen molar-refractivity contribution in [3.05, 3.63) is 64.6 Å². The van der Waals surface area contributed by atoms with Gasteiger partial charge < -0.3 is 10.6 Å². The summed E-state index contributed by atoms with van der Waals surface area (Å²) < 4.78 is 0. The second-order valence-corrected chi connectivity index (χ2v) is 8.45. The van der Waals surface area contributed by atoms with E-state index in [0.717, 1.165) is 23.4 Å². The van der Waals surface area contributed by atoms with Gasteiger partial charge in [0.05, 0.1) is 17.3 Å². The standard InChI is InChI=1S/C23H25N3O2S/c1-2-18-9-6-12-26(18)15-24-22(27)17-10-11-20-19(14-17)25-23(28)21(29-20)13-16-7-4-3-5-8-16/h3-5,7-8,10-11,13-14,18H,2,6,9,12,15H2,1H3,(H,24,27)(H,25,28)/b21-13-/t18-/m1/s1. The molecule has 0 bridgehead atoms. The number of carbonyl (C=O) groups excluding carboxylic acids is 2. The molecule has 2 aliphatic heterocycles. The molecule has 4 rings (SSSR count). The van der Waals surface area contributed by atoms with E-state index in [0.29, 0.717) is 28.9 Å². The zero-order valence-corrected chi connectivity index (χ0v) is 17.3. The highest BCUT2D eigenvalue weighted by atomic mass is 32.2. The lowest BCUT2D eigenvalue weighted by Gasteiger charge is -2.24. The van der Waals surface area contributed by atoms with Gasteiger partial charge >= 0.3 is 0 Å². The Morgan fingerprint density at radius 3 is 2.90 bits per heavy atom. The molecule has 2 aromatic rings. The Morgan fingerprint density at radius 1 is 1.28 bits per heavy atom. The molecule has 2 heterocycles. The lowest BCUT2D eigenvalue weighted by atomic mass is 10.1. The Kier molecular flexibility index (Phi) is 6.02. The van der Waals surface area contributed by atoms with E-state index in [1.165, 1.54) is 24.6 Å². The van der Waals surface area contributed by atoms with E-state index in [2.05, 4.69) is 22.5 Å². The summed E-state index contributed by atoms with van der Waals surface area (Å²) >= 11 is 1.43. The molecule has 2 aliphatic rings. The van der Waals surface area contributed by atoms with Crippen molar-refractivity contribution >= 4 is 35.3 Å². The third-order valence-corrected chi connectivity index (χ3v) is 6.54. The number of nitrogens with one attached hydrogen (secondary N) is 2. The SMILES string of the molecule is CC[C@@H]1CCCN1CNC(=O)c1ccc2c(c1)NC(=O)/C(=C/c1ccccc1)S2. The molecule has 2 N–H and O–H groups in total. The number of carbonyl (C=O) groups is 2. The van der Waals surface area contributed by atoms with Crippen molar-refractivity contribution in [2.45, 2.75) is 37.1 Å². The zero-order valence-electron chi connectivity index (χ0n) is 16.5. The van der Waals surface area contributed by atoms with Crippen LogP contribution in [0.2, 0.25) is 0 Å². The van der Waals surface area contributed by atoms with Crippen molar-refractivity contribution in [3.63, 3.8) is 0 Å². The molecular formula is C23H25N3O2S. The van der Waals surface area contributed by atoms with Crippen molar-refractivity contribution in [1.82, 2.24) is 10.2 Å². The van der Waals surface area contributed by atoms with Crippen molar-refractivity contribution < 1.29 is 9.59 Å². The van der Waals surface area contributed by atoms with Crippen LogP contribution >= 0.6 is 11.8 Å². The average Bonchev–Trinajstić information content (AvgIpc) is 3.20. The van der Waals surface area contributed by atoms with E-state index in [1.807, 2.05) is 48.5 Å². The molecule has 0 aromatic heterocycles. The fraction of sp³-hybridized carbons (Fsp3) is 0.304. The minimum Gasteiger partial charge on any atom is -0.339 e. The van der Waals surface area contributed by atoms with Crippen LogP contribution < -0.4 is 10.6 Å². The zero-order chi connectivity index (χ0) is 20.2. The Labute approximate surface area is 175 Å². The topological polar surface area (TPSA) is 61.4 Å². The van der Waals surface area contributed by atoms with Crippen molar-refractivity contribution in [3.8, 4) is 0 Å². The van der Waals surface area contributed by atoms with E-state index in [-0.39, 0.29) is 11.8 Å². The Balaban J connectivity index is 1.44. The third-order valence-electron chi connectivity index (χ3n) is 5.44. The summed E-state index contributed by atoms with van der Waals surface area (Å²) in [5.41, 5.74) is 2.23. The molecule has 0 aliphatic carbocycles. The van der Waals surface area contributed by atoms with Crippen LogP contribution in [0.25, 0.3) is 6.08 Å². The number of amides is 2. The maximum Gasteiger partial charge on any atom is 0.262 e. The van der Waals surface area contributed by atoms with Gasteiger partial charge in [0.1, 0.15) is 0 Å². The number of fused-ring (bicyclic) bond motifs is 1. The smallest absolute Gasteiger partial charge is 0.262 e. The van der Waals surface area contributed by atoms with Crippen LogP contribution in [0.5, 0.6) is 0 Å². The third kappa shape index (κ3) is 4.54. The van der Waals surface area contributed by atoms with Crippen LogP contribution in [0.4, 0.5) is 5.69 Å². The maximum absolute atomic E-state index is 12.6. The molecule has 2 aromatic carbocycles. The predicted octanol–water partition coefficient (Wildman–Crippen LogP) is 4.33. The second kappa shape index (κ2) is 8.84. The first-order valence-corrected chi connectivity index (χ1v) is 10.9. The minimum atomic E-state index is -0.147. The van der Waals surface area contributed by atoms with Gasteiger partial charge in [0, 0.05) is 23.0 Å². The lowest BCUT2D eigenvalue weighted by Crippen LogP contribution is -2.40. The number of benzene rings is 2. The van der Waals surface area contributed by atoms with Gasteiger partial charge in [0.25, 0.3) is 11.8 Å². The molecule has 0 saturated carbocycles. The maximum atomic E-state index is 12.6. The van der Waals surface area contributed by atoms with Gasteiger partial charge in [-0.2, -0.15) is 0 Å². The van der Waals surface area contributed by atoms with Gasteiger partial charge in [0.15, 0.2) is 0 Å². The normalized spacial score (nSPS) is 20.4. The van der Waals surface area contributed by atoms with E-state index < -0.39 is 0 Å². The fourth-order valence-electron chi connectivity index (χ4n) is 3.84. The molecule has 29 heavy (non-hydrogen) atoms. The van der Waals surface area contributed by atoms with Crippen LogP contribution in [-0.2, 0) is 4.79 Å². The van der Waals surface area contributed by atoms with Gasteiger partial charge in [-0.15, -0.1) is 0 Å². The Morgan fingerprint density at radius 2 is 2.10 bits per heavy atom. The quantitative estimate of drug-likeness (QED) is 0.724. The summed E-state index contributed by atoms with van der Waals surface area (Å²) in [5.74, 6) is -0.258. The highest BCUT2D eigenvalue weighted by molar-refractivity contribution is 8.04. The molecular weight excluding hydrogens is 382 g/mol. The van der Waals surface area contributed by atoms with E-state index >= 15 is 0 Å². The second-order valence-electron chi connectivity index (χ2n) is 7.37. The van der Waals surface area contributed by atoms with Crippen LogP contribution in [0.1, 0.15) is 42.1 Å². The van der Waals surface area contributed by atoms with E-state index in [1.54, 1.807) is 6.07 Å². The first-order valence-electron chi connectivity index (χ1n) is 10.1. The molecule has 150 valence electrons. The van der Waals surface area contributed by atoms with Crippen LogP contribution in [0.15, 0.2) is 58.3 Å². The van der Waals surface area contributed by atoms with Crippen LogP contribution in [0, 0.1) is 0 Å². The average molecular weight is 408 g/mol. The van der Waals surface area contributed by atoms with Gasteiger partial charge in [0.2, 0.25) is 0 Å². The summed E-state index contributed by atoms with van der Waals surface area (Å²) in [6.07, 6.45) is 5.38. The molecule has 6 heteroatoms. The van der Waals surface area contributed by atoms with Crippen molar-refractivity contribution in [2.24, 2.45) is 0 Å². The fourth-order valence-corrected chi connectivity index (χ4v) is 4.77. The summed E-state index contributed by atoms with van der Waals surface area (Å²) in [4.78, 5) is 29.0. The van der Waals surface area contributed by atoms with Gasteiger partial charge in [-0.3, -0.25) is 14.5 Å². The van der Waals surface area contributed by atoms with Gasteiger partial charge in [-0.25, -0.2) is 0 Å². The monoisotopic (exact) mass is 407 g/mol. The van der Waals surface area contributed by atoms with E-state index in [9.17, 15) is 9.59 Å². The van der Waals surface area contributed by atoms with Crippen molar-refractivity contribution in [2.75, 3.05) is 18.5 Å². The molecule has 2 amide bonds. The molecule has 1 atom stereocenters. The molecule has 1 fully saturated rings. The first kappa shape index (κ1) is 19.7. The first-order chi connectivity index (χ1) is 14.1. The largest absolute Gasteiger partial charge is 0.339 e. The summed E-state index contributed by atoms with van der Waals surface area (Å²) in [6, 6.07) is 15.8. The molecule has 1 saturated heterocycles. The minimum absolute atomic E-state index is 0.112. The predicted molar refractivity (Wildman–Crippen MR) is 118 cm³/mol. The Hall–Kier alpha value is -2.57. The number of nitrogens with zero attached hydrogens (tertiary/aromatic N) is 1. The number of hydrogen-bond donors (Lipinski definition) is 2. The highest BCUT2D eigenvalue weighted by Gasteiger charge is 2.24. The number of anilines is 1. The summed E-state index contributed by atoms with van der Waals surface area (Å²) in [5, 5.41) is 5.94. The van der Waals surface area contributed by atoms with Crippen LogP contribution in [-0.4, -0.2) is 36.0 Å². The number of thioether (sulfide) groups is 1. The summed E-state index contributed by atoms with van der Waals surface area (Å²) in [7, 11) is 0. The number of hydrogen-bond acceptors (Lipinski definition) is 4. The molecule has 0 unspecified atom stereocenters. The molecule has 0 spiro atoms. The number of likely N-dealkylation sites (tertiary alicyclic amines) is 1. The van der Waals surface area contributed by atoms with Crippen molar-refractivity contribution in [1.29, 1.82) is 0 Å².